The molecule has 0 aromatic carbocycles. The molecule has 1 heterocycles. The van der Waals surface area contributed by atoms with Crippen LogP contribution in [0.25, 0.3) is 0 Å². The molecule has 0 spiro atoms. The van der Waals surface area contributed by atoms with Crippen LogP contribution in [-0.2, 0) is 4.79 Å². The molecule has 2 N–H and O–H groups in total. The molecule has 1 aromatic rings. The summed E-state index contributed by atoms with van der Waals surface area (Å²) in [5.74, 6) is -0.446. The van der Waals surface area contributed by atoms with E-state index in [2.05, 4.69) is 10.3 Å². The van der Waals surface area contributed by atoms with Gasteiger partial charge >= 0.3 is 5.97 Å². The standard InChI is InChI=1S/C13H17N3O2/c1-13(2,3)10(7-11(17)18)16-12-9(8-14)5-4-6-15-12/h4-6,10H,7H2,1-3H3,(H,15,16)(H,17,18). The van der Waals surface area contributed by atoms with Crippen LogP contribution in [0.2, 0.25) is 0 Å². The highest BCUT2D eigenvalue weighted by Crippen LogP contribution is 2.26. The fraction of sp³-hybridized carbons (Fsp3) is 0.462. The number of nitrogens with zero attached hydrogens (tertiary/aromatic N) is 2. The van der Waals surface area contributed by atoms with E-state index in [1.165, 1.54) is 0 Å². The fourth-order valence-corrected chi connectivity index (χ4v) is 1.52. The molecule has 1 aromatic heterocycles. The molecule has 0 saturated heterocycles. The van der Waals surface area contributed by atoms with Crippen LogP contribution in [0.4, 0.5) is 5.82 Å². The lowest BCUT2D eigenvalue weighted by Crippen LogP contribution is -2.36. The van der Waals surface area contributed by atoms with Gasteiger partial charge in [-0.25, -0.2) is 4.98 Å². The minimum Gasteiger partial charge on any atom is -0.481 e. The average Bonchev–Trinajstić information content (AvgIpc) is 2.27. The molecular weight excluding hydrogens is 230 g/mol. The predicted octanol–water partition coefficient (Wildman–Crippen LogP) is 2.25. The van der Waals surface area contributed by atoms with E-state index < -0.39 is 5.97 Å². The molecule has 0 fully saturated rings. The van der Waals surface area contributed by atoms with E-state index in [-0.39, 0.29) is 17.9 Å². The average molecular weight is 247 g/mol. The number of aromatic nitrogens is 1. The van der Waals surface area contributed by atoms with Crippen LogP contribution in [0.5, 0.6) is 0 Å². The normalized spacial score (nSPS) is 12.6. The highest BCUT2D eigenvalue weighted by atomic mass is 16.4. The number of aliphatic carboxylic acids is 1. The third-order valence-corrected chi connectivity index (χ3v) is 2.66. The Morgan fingerprint density at radius 1 is 1.61 bits per heavy atom. The third kappa shape index (κ3) is 3.74. The van der Waals surface area contributed by atoms with E-state index in [1.807, 2.05) is 26.8 Å². The summed E-state index contributed by atoms with van der Waals surface area (Å²) in [7, 11) is 0. The van der Waals surface area contributed by atoms with E-state index in [0.717, 1.165) is 0 Å². The quantitative estimate of drug-likeness (QED) is 0.852. The van der Waals surface area contributed by atoms with Gasteiger partial charge in [-0.05, 0) is 17.5 Å². The van der Waals surface area contributed by atoms with Crippen molar-refractivity contribution in [2.45, 2.75) is 33.2 Å². The number of carboxylic acid groups (broad SMARTS) is 1. The van der Waals surface area contributed by atoms with Gasteiger partial charge in [0.05, 0.1) is 12.0 Å². The summed E-state index contributed by atoms with van der Waals surface area (Å²) in [4.78, 5) is 15.0. The molecule has 5 nitrogen and oxygen atoms in total. The van der Waals surface area contributed by atoms with Crippen LogP contribution in [0.3, 0.4) is 0 Å². The van der Waals surface area contributed by atoms with Gasteiger partial charge in [-0.2, -0.15) is 5.26 Å². The smallest absolute Gasteiger partial charge is 0.305 e. The maximum Gasteiger partial charge on any atom is 0.305 e. The summed E-state index contributed by atoms with van der Waals surface area (Å²) < 4.78 is 0. The molecule has 1 atom stereocenters. The highest BCUT2D eigenvalue weighted by molar-refractivity contribution is 5.68. The first-order valence-electron chi connectivity index (χ1n) is 5.68. The molecule has 1 unspecified atom stereocenters. The Morgan fingerprint density at radius 2 is 2.28 bits per heavy atom. The Labute approximate surface area is 106 Å². The number of nitriles is 1. The van der Waals surface area contributed by atoms with Gasteiger partial charge in [0.1, 0.15) is 11.9 Å². The number of rotatable bonds is 4. The van der Waals surface area contributed by atoms with Crippen LogP contribution in [0, 0.1) is 16.7 Å². The summed E-state index contributed by atoms with van der Waals surface area (Å²) in [6.45, 7) is 5.84. The molecule has 5 heteroatoms. The summed E-state index contributed by atoms with van der Waals surface area (Å²) in [6.07, 6.45) is 1.55. The molecule has 0 aliphatic carbocycles. The first kappa shape index (κ1) is 14.0. The highest BCUT2D eigenvalue weighted by Gasteiger charge is 2.27. The van der Waals surface area contributed by atoms with Crippen molar-refractivity contribution in [1.82, 2.24) is 4.98 Å². The molecule has 0 bridgehead atoms. The van der Waals surface area contributed by atoms with Crippen molar-refractivity contribution in [3.63, 3.8) is 0 Å². The minimum absolute atomic E-state index is 0.0229. The van der Waals surface area contributed by atoms with Gasteiger partial charge in [-0.15, -0.1) is 0 Å². The van der Waals surface area contributed by atoms with Gasteiger partial charge in [0.25, 0.3) is 0 Å². The van der Waals surface area contributed by atoms with Gasteiger partial charge in [0.2, 0.25) is 0 Å². The van der Waals surface area contributed by atoms with Crippen LogP contribution in [0.1, 0.15) is 32.8 Å². The van der Waals surface area contributed by atoms with Crippen LogP contribution in [-0.4, -0.2) is 22.1 Å². The number of pyridine rings is 1. The minimum atomic E-state index is -0.878. The SMILES string of the molecule is CC(C)(C)C(CC(=O)O)Nc1ncccc1C#N. The third-order valence-electron chi connectivity index (χ3n) is 2.66. The Balaban J connectivity index is 2.97. The number of carboxylic acids is 1. The van der Waals surface area contributed by atoms with Crippen molar-refractivity contribution in [3.05, 3.63) is 23.9 Å². The number of hydrogen-bond donors (Lipinski definition) is 2. The van der Waals surface area contributed by atoms with Crippen LogP contribution in [0.15, 0.2) is 18.3 Å². The van der Waals surface area contributed by atoms with E-state index >= 15 is 0 Å². The monoisotopic (exact) mass is 247 g/mol. The van der Waals surface area contributed by atoms with Crippen molar-refractivity contribution in [1.29, 1.82) is 5.26 Å². The van der Waals surface area contributed by atoms with Gasteiger partial charge in [-0.1, -0.05) is 20.8 Å². The number of carbonyl (C=O) groups is 1. The maximum absolute atomic E-state index is 10.9. The lowest BCUT2D eigenvalue weighted by atomic mass is 9.84. The fourth-order valence-electron chi connectivity index (χ4n) is 1.52. The first-order valence-corrected chi connectivity index (χ1v) is 5.68. The lowest BCUT2D eigenvalue weighted by molar-refractivity contribution is -0.137. The second-order valence-electron chi connectivity index (χ2n) is 5.17. The Hall–Kier alpha value is -2.09. The van der Waals surface area contributed by atoms with Crippen molar-refractivity contribution in [2.24, 2.45) is 5.41 Å². The number of anilines is 1. The van der Waals surface area contributed by atoms with E-state index in [4.69, 9.17) is 10.4 Å². The zero-order chi connectivity index (χ0) is 13.8. The first-order chi connectivity index (χ1) is 8.34. The van der Waals surface area contributed by atoms with Crippen molar-refractivity contribution < 1.29 is 9.90 Å². The van der Waals surface area contributed by atoms with Crippen molar-refractivity contribution >= 4 is 11.8 Å². The predicted molar refractivity (Wildman–Crippen MR) is 68.1 cm³/mol. The molecule has 0 saturated carbocycles. The van der Waals surface area contributed by atoms with E-state index in [0.29, 0.717) is 11.4 Å². The summed E-state index contributed by atoms with van der Waals surface area (Å²) in [6, 6.07) is 5.06. The van der Waals surface area contributed by atoms with Gasteiger partial charge in [-0.3, -0.25) is 4.79 Å². The molecule has 18 heavy (non-hydrogen) atoms. The zero-order valence-electron chi connectivity index (χ0n) is 10.8. The second kappa shape index (κ2) is 5.50. The Bertz CT molecular complexity index is 472. The zero-order valence-corrected chi connectivity index (χ0v) is 10.8. The molecule has 0 radical (unpaired) electrons. The number of nitrogens with one attached hydrogen (secondary N) is 1. The molecule has 1 rings (SSSR count). The van der Waals surface area contributed by atoms with Gasteiger partial charge < -0.3 is 10.4 Å². The number of hydrogen-bond acceptors (Lipinski definition) is 4. The van der Waals surface area contributed by atoms with E-state index in [9.17, 15) is 4.79 Å². The molecule has 0 amide bonds. The van der Waals surface area contributed by atoms with Crippen LogP contribution < -0.4 is 5.32 Å². The Kier molecular flexibility index (Phi) is 4.27. The molecular formula is C13H17N3O2. The second-order valence-corrected chi connectivity index (χ2v) is 5.17. The van der Waals surface area contributed by atoms with Crippen LogP contribution >= 0.6 is 0 Å². The van der Waals surface area contributed by atoms with Crippen molar-refractivity contribution in [2.75, 3.05) is 5.32 Å². The van der Waals surface area contributed by atoms with E-state index in [1.54, 1.807) is 18.3 Å². The molecule has 96 valence electrons. The lowest BCUT2D eigenvalue weighted by Gasteiger charge is -2.31. The molecule has 0 aliphatic heterocycles. The summed E-state index contributed by atoms with van der Waals surface area (Å²) in [5, 5.41) is 21.0. The van der Waals surface area contributed by atoms with Gasteiger partial charge in [0, 0.05) is 12.2 Å². The molecule has 0 aliphatic rings. The van der Waals surface area contributed by atoms with Crippen molar-refractivity contribution in [3.8, 4) is 6.07 Å². The topological polar surface area (TPSA) is 86.0 Å². The maximum atomic E-state index is 10.9. The largest absolute Gasteiger partial charge is 0.481 e. The Morgan fingerprint density at radius 3 is 2.78 bits per heavy atom. The van der Waals surface area contributed by atoms with Gasteiger partial charge in [0.15, 0.2) is 0 Å². The summed E-state index contributed by atoms with van der Waals surface area (Å²) >= 11 is 0. The summed E-state index contributed by atoms with van der Waals surface area (Å²) in [5.41, 5.74) is 0.167.